The summed E-state index contributed by atoms with van der Waals surface area (Å²) in [5.41, 5.74) is 1.64. The van der Waals surface area contributed by atoms with Crippen molar-refractivity contribution in [3.05, 3.63) is 29.8 Å². The molecule has 3 nitrogen and oxygen atoms in total. The van der Waals surface area contributed by atoms with E-state index in [-0.39, 0.29) is 6.04 Å². The molecule has 86 valence electrons. The van der Waals surface area contributed by atoms with Crippen molar-refractivity contribution in [1.29, 1.82) is 5.26 Å². The van der Waals surface area contributed by atoms with E-state index >= 15 is 0 Å². The van der Waals surface area contributed by atoms with E-state index in [1.54, 1.807) is 13.2 Å². The molecule has 0 aliphatic carbocycles. The van der Waals surface area contributed by atoms with Crippen molar-refractivity contribution >= 4 is 5.69 Å². The monoisotopic (exact) mass is 218 g/mol. The highest BCUT2D eigenvalue weighted by Gasteiger charge is 2.12. The molecule has 16 heavy (non-hydrogen) atoms. The van der Waals surface area contributed by atoms with Gasteiger partial charge in [0, 0.05) is 12.8 Å². The van der Waals surface area contributed by atoms with Gasteiger partial charge in [0.25, 0.3) is 0 Å². The molecule has 1 aromatic rings. The molecule has 1 atom stereocenters. The first-order chi connectivity index (χ1) is 7.67. The zero-order chi connectivity index (χ0) is 12.0. The third kappa shape index (κ3) is 3.56. The predicted molar refractivity (Wildman–Crippen MR) is 65.3 cm³/mol. The fraction of sp³-hybridized carbons (Fsp3) is 0.462. The van der Waals surface area contributed by atoms with Crippen LogP contribution in [0, 0.1) is 17.2 Å². The maximum Gasteiger partial charge on any atom is 0.0992 e. The third-order valence-corrected chi connectivity index (χ3v) is 2.49. The summed E-state index contributed by atoms with van der Waals surface area (Å²) in [5.74, 6) is 0.477. The van der Waals surface area contributed by atoms with E-state index in [2.05, 4.69) is 25.2 Å². The summed E-state index contributed by atoms with van der Waals surface area (Å²) in [6.45, 7) is 4.95. The Morgan fingerprint density at radius 2 is 2.19 bits per heavy atom. The van der Waals surface area contributed by atoms with Crippen molar-refractivity contribution in [3.8, 4) is 6.07 Å². The van der Waals surface area contributed by atoms with Crippen LogP contribution < -0.4 is 5.32 Å². The quantitative estimate of drug-likeness (QED) is 0.826. The number of ether oxygens (including phenoxy) is 1. The van der Waals surface area contributed by atoms with Crippen LogP contribution in [0.5, 0.6) is 0 Å². The van der Waals surface area contributed by atoms with Crippen LogP contribution in [0.4, 0.5) is 5.69 Å². The van der Waals surface area contributed by atoms with Gasteiger partial charge < -0.3 is 10.1 Å². The highest BCUT2D eigenvalue weighted by atomic mass is 16.5. The molecular weight excluding hydrogens is 200 g/mol. The maximum absolute atomic E-state index is 8.81. The Hall–Kier alpha value is -1.53. The van der Waals surface area contributed by atoms with Crippen LogP contribution in [0.3, 0.4) is 0 Å². The van der Waals surface area contributed by atoms with Gasteiger partial charge in [0.1, 0.15) is 0 Å². The first-order valence-electron chi connectivity index (χ1n) is 5.43. The summed E-state index contributed by atoms with van der Waals surface area (Å²) in [7, 11) is 1.70. The molecule has 0 radical (unpaired) electrons. The fourth-order valence-electron chi connectivity index (χ4n) is 1.47. The molecule has 0 aliphatic heterocycles. The summed E-state index contributed by atoms with van der Waals surface area (Å²) in [5, 5.41) is 12.2. The lowest BCUT2D eigenvalue weighted by molar-refractivity contribution is 0.171. The average molecular weight is 218 g/mol. The number of benzene rings is 1. The molecule has 1 aromatic carbocycles. The van der Waals surface area contributed by atoms with Crippen molar-refractivity contribution in [1.82, 2.24) is 0 Å². The van der Waals surface area contributed by atoms with E-state index in [1.807, 2.05) is 18.2 Å². The largest absolute Gasteiger partial charge is 0.383 e. The Kier molecular flexibility index (Phi) is 4.81. The minimum Gasteiger partial charge on any atom is -0.383 e. The molecule has 0 bridgehead atoms. The van der Waals surface area contributed by atoms with Crippen LogP contribution in [0.2, 0.25) is 0 Å². The zero-order valence-electron chi connectivity index (χ0n) is 10.0. The Morgan fingerprint density at radius 3 is 2.75 bits per heavy atom. The first kappa shape index (κ1) is 12.5. The molecule has 3 heteroatoms. The highest BCUT2D eigenvalue weighted by molar-refractivity contribution is 5.49. The lowest BCUT2D eigenvalue weighted by Gasteiger charge is -2.22. The average Bonchev–Trinajstić information content (AvgIpc) is 2.28. The molecular formula is C13H18N2O. The Bertz CT molecular complexity index is 368. The van der Waals surface area contributed by atoms with Crippen LogP contribution in [0.25, 0.3) is 0 Å². The van der Waals surface area contributed by atoms with Gasteiger partial charge in [0.05, 0.1) is 24.3 Å². The van der Waals surface area contributed by atoms with E-state index in [4.69, 9.17) is 10.00 Å². The number of nitriles is 1. The summed E-state index contributed by atoms with van der Waals surface area (Å²) < 4.78 is 5.17. The second kappa shape index (κ2) is 6.14. The van der Waals surface area contributed by atoms with E-state index in [9.17, 15) is 0 Å². The third-order valence-electron chi connectivity index (χ3n) is 2.49. The van der Waals surface area contributed by atoms with Crippen LogP contribution in [0.1, 0.15) is 19.4 Å². The Morgan fingerprint density at radius 1 is 1.44 bits per heavy atom. The van der Waals surface area contributed by atoms with Gasteiger partial charge in [-0.15, -0.1) is 0 Å². The number of hydrogen-bond donors (Lipinski definition) is 1. The summed E-state index contributed by atoms with van der Waals surface area (Å²) in [6, 6.07) is 9.89. The van der Waals surface area contributed by atoms with Crippen LogP contribution in [-0.2, 0) is 4.74 Å². The lowest BCUT2D eigenvalue weighted by Crippen LogP contribution is -2.30. The minimum absolute atomic E-state index is 0.263. The summed E-state index contributed by atoms with van der Waals surface area (Å²) >= 11 is 0. The molecule has 0 aromatic heterocycles. The molecule has 0 spiro atoms. The van der Waals surface area contributed by atoms with Crippen LogP contribution >= 0.6 is 0 Å². The lowest BCUT2D eigenvalue weighted by atomic mass is 10.0. The van der Waals surface area contributed by atoms with Crippen LogP contribution in [-0.4, -0.2) is 19.8 Å². The molecule has 1 unspecified atom stereocenters. The van der Waals surface area contributed by atoms with E-state index in [0.29, 0.717) is 18.1 Å². The van der Waals surface area contributed by atoms with E-state index in [1.165, 1.54) is 0 Å². The Labute approximate surface area is 97.0 Å². The zero-order valence-corrected chi connectivity index (χ0v) is 10.0. The summed E-state index contributed by atoms with van der Waals surface area (Å²) in [6.07, 6.45) is 0. The first-order valence-corrected chi connectivity index (χ1v) is 5.43. The Balaban J connectivity index is 2.73. The normalized spacial score (nSPS) is 12.2. The number of nitrogens with zero attached hydrogens (tertiary/aromatic N) is 1. The van der Waals surface area contributed by atoms with Gasteiger partial charge in [-0.3, -0.25) is 0 Å². The van der Waals surface area contributed by atoms with Gasteiger partial charge in [-0.1, -0.05) is 19.9 Å². The van der Waals surface area contributed by atoms with Crippen molar-refractivity contribution in [3.63, 3.8) is 0 Å². The topological polar surface area (TPSA) is 45.0 Å². The standard InChI is InChI=1S/C13H18N2O/c1-10(2)13(9-16-3)15-12-6-4-5-11(7-12)8-14/h4-7,10,13,15H,9H2,1-3H3. The second-order valence-corrected chi connectivity index (χ2v) is 4.14. The van der Waals surface area contributed by atoms with Crippen molar-refractivity contribution in [2.45, 2.75) is 19.9 Å². The number of hydrogen-bond acceptors (Lipinski definition) is 3. The number of methoxy groups -OCH3 is 1. The van der Waals surface area contributed by atoms with E-state index < -0.39 is 0 Å². The SMILES string of the molecule is COCC(Nc1cccc(C#N)c1)C(C)C. The number of anilines is 1. The molecule has 0 saturated heterocycles. The molecule has 0 heterocycles. The maximum atomic E-state index is 8.81. The molecule has 1 rings (SSSR count). The van der Waals surface area contributed by atoms with Crippen molar-refractivity contribution < 1.29 is 4.74 Å². The number of nitrogens with one attached hydrogen (secondary N) is 1. The smallest absolute Gasteiger partial charge is 0.0992 e. The van der Waals surface area contributed by atoms with Gasteiger partial charge in [-0.05, 0) is 24.1 Å². The van der Waals surface area contributed by atoms with Gasteiger partial charge in [-0.25, -0.2) is 0 Å². The van der Waals surface area contributed by atoms with Crippen molar-refractivity contribution in [2.24, 2.45) is 5.92 Å². The molecule has 0 fully saturated rings. The van der Waals surface area contributed by atoms with Crippen molar-refractivity contribution in [2.75, 3.05) is 19.0 Å². The highest BCUT2D eigenvalue weighted by Crippen LogP contribution is 2.14. The molecule has 1 N–H and O–H groups in total. The summed E-state index contributed by atoms with van der Waals surface area (Å²) in [4.78, 5) is 0. The van der Waals surface area contributed by atoms with Gasteiger partial charge in [-0.2, -0.15) is 5.26 Å². The van der Waals surface area contributed by atoms with E-state index in [0.717, 1.165) is 5.69 Å². The molecule has 0 amide bonds. The van der Waals surface area contributed by atoms with Gasteiger partial charge >= 0.3 is 0 Å². The second-order valence-electron chi connectivity index (χ2n) is 4.14. The molecule has 0 saturated carbocycles. The van der Waals surface area contributed by atoms with Crippen LogP contribution in [0.15, 0.2) is 24.3 Å². The predicted octanol–water partition coefficient (Wildman–Crippen LogP) is 2.64. The van der Waals surface area contributed by atoms with Gasteiger partial charge in [0.15, 0.2) is 0 Å². The van der Waals surface area contributed by atoms with Gasteiger partial charge in [0.2, 0.25) is 0 Å². The number of rotatable bonds is 5. The fourth-order valence-corrected chi connectivity index (χ4v) is 1.47. The molecule has 0 aliphatic rings. The minimum atomic E-state index is 0.263.